The Labute approximate surface area is 170 Å². The number of anilines is 1. The molecule has 5 nitrogen and oxygen atoms in total. The van der Waals surface area contributed by atoms with Crippen molar-refractivity contribution in [2.45, 2.75) is 22.6 Å². The van der Waals surface area contributed by atoms with E-state index in [0.29, 0.717) is 28.0 Å². The van der Waals surface area contributed by atoms with Crippen molar-refractivity contribution >= 4 is 49.3 Å². The summed E-state index contributed by atoms with van der Waals surface area (Å²) in [7, 11) is -4.04. The van der Waals surface area contributed by atoms with Crippen molar-refractivity contribution in [3.8, 4) is 0 Å². The van der Waals surface area contributed by atoms with Crippen molar-refractivity contribution in [3.63, 3.8) is 0 Å². The van der Waals surface area contributed by atoms with Gasteiger partial charge in [0.15, 0.2) is 0 Å². The first-order chi connectivity index (χ1) is 12.8. The van der Waals surface area contributed by atoms with E-state index in [4.69, 9.17) is 0 Å². The zero-order valence-corrected chi connectivity index (χ0v) is 17.8. The lowest BCUT2D eigenvalue weighted by Crippen LogP contribution is -2.28. The van der Waals surface area contributed by atoms with Gasteiger partial charge < -0.3 is 4.90 Å². The Morgan fingerprint density at radius 3 is 2.52 bits per heavy atom. The topological polar surface area (TPSA) is 66.5 Å². The normalized spacial score (nSPS) is 14.4. The second-order valence-corrected chi connectivity index (χ2v) is 9.54. The fourth-order valence-electron chi connectivity index (χ4n) is 2.89. The Bertz CT molecular complexity index is 977. The van der Waals surface area contributed by atoms with E-state index >= 15 is 0 Å². The molecular formula is C18H18BrFN2O3S2. The summed E-state index contributed by atoms with van der Waals surface area (Å²) in [5, 5.41) is 0. The van der Waals surface area contributed by atoms with Crippen molar-refractivity contribution in [2.24, 2.45) is 0 Å². The van der Waals surface area contributed by atoms with E-state index in [-0.39, 0.29) is 16.5 Å². The molecule has 1 aliphatic heterocycles. The average Bonchev–Trinajstić information content (AvgIpc) is 3.17. The summed E-state index contributed by atoms with van der Waals surface area (Å²) in [6.45, 7) is 1.35. The molecule has 0 spiro atoms. The molecule has 1 aliphatic rings. The molecule has 0 aromatic heterocycles. The highest BCUT2D eigenvalue weighted by Gasteiger charge is 2.25. The fourth-order valence-corrected chi connectivity index (χ4v) is 4.88. The molecular weight excluding hydrogens is 455 g/mol. The first-order valence-corrected chi connectivity index (χ1v) is 11.8. The Morgan fingerprint density at radius 1 is 1.19 bits per heavy atom. The predicted molar refractivity (Wildman–Crippen MR) is 108 cm³/mol. The van der Waals surface area contributed by atoms with Crippen molar-refractivity contribution in [3.05, 3.63) is 52.3 Å². The third kappa shape index (κ3) is 4.47. The first-order valence-electron chi connectivity index (χ1n) is 8.27. The quantitative estimate of drug-likeness (QED) is 0.656. The molecule has 0 atom stereocenters. The number of hydrogen-bond acceptors (Lipinski definition) is 4. The van der Waals surface area contributed by atoms with Gasteiger partial charge in [-0.25, -0.2) is 12.8 Å². The van der Waals surface area contributed by atoms with Crippen LogP contribution < -0.4 is 4.72 Å². The number of sulfonamides is 1. The Hall–Kier alpha value is -1.58. The number of rotatable bonds is 5. The lowest BCUT2D eigenvalue weighted by atomic mass is 10.2. The highest BCUT2D eigenvalue weighted by molar-refractivity contribution is 9.10. The van der Waals surface area contributed by atoms with Crippen LogP contribution in [-0.4, -0.2) is 38.6 Å². The number of nitrogens with one attached hydrogen (secondary N) is 1. The van der Waals surface area contributed by atoms with Crippen molar-refractivity contribution in [1.82, 2.24) is 4.90 Å². The molecule has 0 unspecified atom stereocenters. The van der Waals surface area contributed by atoms with Gasteiger partial charge in [-0.3, -0.25) is 9.52 Å². The van der Waals surface area contributed by atoms with Crippen LogP contribution >= 0.6 is 27.7 Å². The smallest absolute Gasteiger partial charge is 0.262 e. The van der Waals surface area contributed by atoms with Crippen LogP contribution in [0.4, 0.5) is 10.1 Å². The van der Waals surface area contributed by atoms with Gasteiger partial charge in [-0.15, -0.1) is 11.8 Å². The van der Waals surface area contributed by atoms with E-state index in [9.17, 15) is 17.6 Å². The van der Waals surface area contributed by atoms with Crippen molar-refractivity contribution in [2.75, 3.05) is 24.1 Å². The standard InChI is InChI=1S/C18H18BrFN2O3S2/c1-26-17-7-5-13(11-14(17)18(23)22-8-2-3-9-22)27(24,25)21-16-6-4-12(19)10-15(16)20/h4-7,10-11,21H,2-3,8-9H2,1H3. The zero-order chi connectivity index (χ0) is 19.6. The molecule has 144 valence electrons. The second-order valence-electron chi connectivity index (χ2n) is 6.09. The van der Waals surface area contributed by atoms with Crippen LogP contribution in [0.25, 0.3) is 0 Å². The minimum absolute atomic E-state index is 0.0786. The molecule has 1 N–H and O–H groups in total. The lowest BCUT2D eigenvalue weighted by molar-refractivity contribution is 0.0789. The maximum atomic E-state index is 14.0. The third-order valence-corrected chi connectivity index (χ3v) is 6.93. The van der Waals surface area contributed by atoms with E-state index < -0.39 is 15.8 Å². The van der Waals surface area contributed by atoms with Gasteiger partial charge in [0.05, 0.1) is 16.1 Å². The summed E-state index contributed by atoms with van der Waals surface area (Å²) >= 11 is 4.51. The van der Waals surface area contributed by atoms with Crippen LogP contribution in [0.2, 0.25) is 0 Å². The number of nitrogens with zero attached hydrogens (tertiary/aromatic N) is 1. The number of amides is 1. The maximum Gasteiger partial charge on any atom is 0.262 e. The number of carbonyl (C=O) groups is 1. The van der Waals surface area contributed by atoms with Gasteiger partial charge in [-0.1, -0.05) is 15.9 Å². The second kappa shape index (κ2) is 8.20. The molecule has 0 saturated carbocycles. The summed E-state index contributed by atoms with van der Waals surface area (Å²) in [4.78, 5) is 15.1. The summed E-state index contributed by atoms with van der Waals surface area (Å²) in [6.07, 6.45) is 3.73. The SMILES string of the molecule is CSc1ccc(S(=O)(=O)Nc2ccc(Br)cc2F)cc1C(=O)N1CCCC1. The molecule has 3 rings (SSSR count). The van der Waals surface area contributed by atoms with Crippen molar-refractivity contribution in [1.29, 1.82) is 0 Å². The highest BCUT2D eigenvalue weighted by atomic mass is 79.9. The van der Waals surface area contributed by atoms with E-state index in [1.54, 1.807) is 17.0 Å². The van der Waals surface area contributed by atoms with Crippen LogP contribution in [0.1, 0.15) is 23.2 Å². The van der Waals surface area contributed by atoms with E-state index in [1.165, 1.54) is 36.0 Å². The van der Waals surface area contributed by atoms with Gasteiger partial charge in [-0.05, 0) is 55.5 Å². The van der Waals surface area contributed by atoms with E-state index in [2.05, 4.69) is 20.7 Å². The molecule has 0 radical (unpaired) electrons. The molecule has 0 bridgehead atoms. The molecule has 9 heteroatoms. The predicted octanol–water partition coefficient (Wildman–Crippen LogP) is 4.35. The highest BCUT2D eigenvalue weighted by Crippen LogP contribution is 2.28. The summed E-state index contributed by atoms with van der Waals surface area (Å²) in [5.74, 6) is -0.870. The number of thioether (sulfide) groups is 1. The van der Waals surface area contributed by atoms with Crippen LogP contribution in [0.3, 0.4) is 0 Å². The van der Waals surface area contributed by atoms with Crippen LogP contribution in [-0.2, 0) is 10.0 Å². The molecule has 0 aliphatic carbocycles. The minimum atomic E-state index is -4.04. The summed E-state index contributed by atoms with van der Waals surface area (Å²) in [5.41, 5.74) is 0.197. The maximum absolute atomic E-state index is 14.0. The number of halogens is 2. The molecule has 1 amide bonds. The lowest BCUT2D eigenvalue weighted by Gasteiger charge is -2.18. The molecule has 2 aromatic carbocycles. The van der Waals surface area contributed by atoms with Gasteiger partial charge >= 0.3 is 0 Å². The Balaban J connectivity index is 1.95. The number of carbonyl (C=O) groups excluding carboxylic acids is 1. The van der Waals surface area contributed by atoms with Gasteiger partial charge in [0.1, 0.15) is 5.82 Å². The number of hydrogen-bond donors (Lipinski definition) is 1. The van der Waals surface area contributed by atoms with E-state index in [0.717, 1.165) is 12.8 Å². The largest absolute Gasteiger partial charge is 0.339 e. The van der Waals surface area contributed by atoms with Crippen LogP contribution in [0.5, 0.6) is 0 Å². The van der Waals surface area contributed by atoms with Gasteiger partial charge in [0.2, 0.25) is 0 Å². The molecule has 1 saturated heterocycles. The summed E-state index contributed by atoms with van der Waals surface area (Å²) < 4.78 is 42.2. The molecule has 27 heavy (non-hydrogen) atoms. The van der Waals surface area contributed by atoms with Crippen LogP contribution in [0, 0.1) is 5.82 Å². The Kier molecular flexibility index (Phi) is 6.12. The number of likely N-dealkylation sites (tertiary alicyclic amines) is 1. The third-order valence-electron chi connectivity index (χ3n) is 4.28. The zero-order valence-electron chi connectivity index (χ0n) is 14.5. The Morgan fingerprint density at radius 2 is 1.89 bits per heavy atom. The number of benzene rings is 2. The first kappa shape index (κ1) is 20.2. The molecule has 2 aromatic rings. The minimum Gasteiger partial charge on any atom is -0.339 e. The molecule has 1 heterocycles. The fraction of sp³-hybridized carbons (Fsp3) is 0.278. The monoisotopic (exact) mass is 472 g/mol. The molecule has 1 fully saturated rings. The van der Waals surface area contributed by atoms with Gasteiger partial charge in [0.25, 0.3) is 15.9 Å². The van der Waals surface area contributed by atoms with Crippen molar-refractivity contribution < 1.29 is 17.6 Å². The van der Waals surface area contributed by atoms with Gasteiger partial charge in [0, 0.05) is 22.5 Å². The van der Waals surface area contributed by atoms with Crippen LogP contribution in [0.15, 0.2) is 50.7 Å². The summed E-state index contributed by atoms with van der Waals surface area (Å²) in [6, 6.07) is 8.46. The van der Waals surface area contributed by atoms with Gasteiger partial charge in [-0.2, -0.15) is 0 Å². The van der Waals surface area contributed by atoms with E-state index in [1.807, 2.05) is 6.26 Å². The average molecular weight is 473 g/mol.